The number of rotatable bonds is 8. The molecule has 0 aliphatic carbocycles. The van der Waals surface area contributed by atoms with Crippen molar-refractivity contribution in [1.82, 2.24) is 0 Å². The molecule has 11 aromatic carbocycles. The Kier molecular flexibility index (Phi) is 9.65. The second-order valence-corrected chi connectivity index (χ2v) is 16.0. The summed E-state index contributed by atoms with van der Waals surface area (Å²) in [5.41, 5.74) is 14.5. The molecule has 0 unspecified atom stereocenters. The third-order valence-corrected chi connectivity index (χ3v) is 12.3. The molecule has 0 radical (unpaired) electrons. The van der Waals surface area contributed by atoms with Gasteiger partial charge in [0.25, 0.3) is 0 Å². The zero-order valence-electron chi connectivity index (χ0n) is 34.2. The summed E-state index contributed by atoms with van der Waals surface area (Å²) in [6, 6.07) is 88.2. The lowest BCUT2D eigenvalue weighted by atomic mass is 9.84. The molecule has 0 aliphatic heterocycles. The van der Waals surface area contributed by atoms with Crippen LogP contribution < -0.4 is 0 Å². The lowest BCUT2D eigenvalue weighted by Crippen LogP contribution is -1.94. The Balaban J connectivity index is 1.04. The summed E-state index contributed by atoms with van der Waals surface area (Å²) in [5.74, 6) is 0. The SMILES string of the molecule is C(=C(\c1ccc(-c2c3ccccc3c(-c3ccc(/C(=C/c4ccccc4)c4cccc5ccccc45)cc3)c3ccccc23)cc1)c1cccc2ccccc12)/c1ccccc1. The third kappa shape index (κ3) is 6.88. The van der Waals surface area contributed by atoms with Crippen molar-refractivity contribution in [1.29, 1.82) is 0 Å². The largest absolute Gasteiger partial charge is 0.0622 e. The van der Waals surface area contributed by atoms with Gasteiger partial charge in [0.05, 0.1) is 0 Å². The average Bonchev–Trinajstić information content (AvgIpc) is 3.35. The minimum Gasteiger partial charge on any atom is -0.0622 e. The Morgan fingerprint density at radius 2 is 0.548 bits per heavy atom. The van der Waals surface area contributed by atoms with Crippen molar-refractivity contribution >= 4 is 66.4 Å². The van der Waals surface area contributed by atoms with Crippen molar-refractivity contribution in [3.63, 3.8) is 0 Å². The number of hydrogen-bond donors (Lipinski definition) is 0. The first-order valence-electron chi connectivity index (χ1n) is 21.4. The van der Waals surface area contributed by atoms with Crippen LogP contribution in [0.25, 0.3) is 88.6 Å². The van der Waals surface area contributed by atoms with Crippen molar-refractivity contribution in [2.24, 2.45) is 0 Å². The van der Waals surface area contributed by atoms with Gasteiger partial charge < -0.3 is 0 Å². The molecule has 11 aromatic rings. The molecule has 11 rings (SSSR count). The zero-order valence-corrected chi connectivity index (χ0v) is 34.2. The smallest absolute Gasteiger partial charge is 0.00264 e. The fraction of sp³-hybridized carbons (Fsp3) is 0. The first-order valence-corrected chi connectivity index (χ1v) is 21.4. The summed E-state index contributed by atoms with van der Waals surface area (Å²) in [7, 11) is 0. The molecule has 0 N–H and O–H groups in total. The summed E-state index contributed by atoms with van der Waals surface area (Å²) in [6.45, 7) is 0. The van der Waals surface area contributed by atoms with Crippen LogP contribution in [0.1, 0.15) is 33.4 Å². The molecule has 0 heteroatoms. The van der Waals surface area contributed by atoms with E-state index in [4.69, 9.17) is 0 Å². The van der Waals surface area contributed by atoms with Gasteiger partial charge >= 0.3 is 0 Å². The molecule has 0 bridgehead atoms. The molecular weight excluding hydrogens is 745 g/mol. The number of hydrogen-bond acceptors (Lipinski definition) is 0. The van der Waals surface area contributed by atoms with Crippen molar-refractivity contribution < 1.29 is 0 Å². The monoisotopic (exact) mass is 786 g/mol. The van der Waals surface area contributed by atoms with Gasteiger partial charge in [0.1, 0.15) is 0 Å². The van der Waals surface area contributed by atoms with Gasteiger partial charge in [0, 0.05) is 0 Å². The predicted molar refractivity (Wildman–Crippen MR) is 267 cm³/mol. The third-order valence-electron chi connectivity index (χ3n) is 12.3. The molecule has 0 nitrogen and oxygen atoms in total. The first kappa shape index (κ1) is 37.0. The van der Waals surface area contributed by atoms with Crippen LogP contribution in [0.3, 0.4) is 0 Å². The van der Waals surface area contributed by atoms with Crippen LogP contribution in [0.4, 0.5) is 0 Å². The van der Waals surface area contributed by atoms with E-state index < -0.39 is 0 Å². The molecule has 0 saturated heterocycles. The van der Waals surface area contributed by atoms with E-state index in [0.717, 1.165) is 0 Å². The topological polar surface area (TPSA) is 0 Å². The van der Waals surface area contributed by atoms with E-state index in [0.29, 0.717) is 0 Å². The fourth-order valence-corrected chi connectivity index (χ4v) is 9.37. The molecular formula is C62H42. The highest BCUT2D eigenvalue weighted by atomic mass is 14.2. The molecule has 0 fully saturated rings. The van der Waals surface area contributed by atoms with Crippen molar-refractivity contribution in [3.05, 3.63) is 276 Å². The Labute approximate surface area is 363 Å². The Hall–Kier alpha value is -8.06. The first-order chi connectivity index (χ1) is 30.8. The van der Waals surface area contributed by atoms with E-state index in [1.54, 1.807) is 0 Å². The van der Waals surface area contributed by atoms with Gasteiger partial charge in [0.15, 0.2) is 0 Å². The maximum atomic E-state index is 2.32. The molecule has 290 valence electrons. The standard InChI is InChI=1S/C62H42/c1-3-17-43(18-4-1)41-59(53-31-15-23-45-21-7-9-25-51(45)53)47-33-37-49(38-34-47)61-55-27-11-13-29-57(55)62(58-30-14-12-28-56(58)61)50-39-35-48(36-40-50)60(42-44-19-5-2-6-20-44)54-32-16-24-46-22-8-10-26-52(46)54/h1-42H/b59-41-,60-42-. The van der Waals surface area contributed by atoms with Crippen LogP contribution in [-0.2, 0) is 0 Å². The normalized spacial score (nSPS) is 12.1. The van der Waals surface area contributed by atoms with E-state index in [1.165, 1.54) is 110 Å². The minimum atomic E-state index is 1.18. The van der Waals surface area contributed by atoms with Gasteiger partial charge in [-0.3, -0.25) is 0 Å². The summed E-state index contributed by atoms with van der Waals surface area (Å²) in [5, 5.41) is 9.95. The average molecular weight is 787 g/mol. The van der Waals surface area contributed by atoms with Gasteiger partial charge in [-0.1, -0.05) is 243 Å². The van der Waals surface area contributed by atoms with Crippen LogP contribution >= 0.6 is 0 Å². The molecule has 62 heavy (non-hydrogen) atoms. The van der Waals surface area contributed by atoms with Crippen molar-refractivity contribution in [2.45, 2.75) is 0 Å². The second-order valence-electron chi connectivity index (χ2n) is 16.0. The Morgan fingerprint density at radius 3 is 0.919 bits per heavy atom. The van der Waals surface area contributed by atoms with Crippen LogP contribution in [0.2, 0.25) is 0 Å². The van der Waals surface area contributed by atoms with Gasteiger partial charge in [0.2, 0.25) is 0 Å². The van der Waals surface area contributed by atoms with Gasteiger partial charge in [-0.2, -0.15) is 0 Å². The summed E-state index contributed by atoms with van der Waals surface area (Å²) >= 11 is 0. The molecule has 0 aromatic heterocycles. The summed E-state index contributed by atoms with van der Waals surface area (Å²) in [4.78, 5) is 0. The van der Waals surface area contributed by atoms with Crippen LogP contribution in [0, 0.1) is 0 Å². The van der Waals surface area contributed by atoms with Crippen LogP contribution in [0.15, 0.2) is 243 Å². The Bertz CT molecular complexity index is 3160. The number of fused-ring (bicyclic) bond motifs is 4. The quantitative estimate of drug-likeness (QED) is 0.106. The van der Waals surface area contributed by atoms with E-state index in [1.807, 2.05) is 0 Å². The van der Waals surface area contributed by atoms with Gasteiger partial charge in [-0.15, -0.1) is 0 Å². The van der Waals surface area contributed by atoms with Crippen molar-refractivity contribution in [3.8, 4) is 22.3 Å². The zero-order chi connectivity index (χ0) is 41.2. The summed E-state index contributed by atoms with van der Waals surface area (Å²) < 4.78 is 0. The van der Waals surface area contributed by atoms with Gasteiger partial charge in [-0.05, 0) is 122 Å². The fourth-order valence-electron chi connectivity index (χ4n) is 9.37. The lowest BCUT2D eigenvalue weighted by Gasteiger charge is -2.19. The molecule has 0 amide bonds. The minimum absolute atomic E-state index is 1.18. The van der Waals surface area contributed by atoms with E-state index in [2.05, 4.69) is 255 Å². The van der Waals surface area contributed by atoms with E-state index in [9.17, 15) is 0 Å². The second kappa shape index (κ2) is 16.2. The van der Waals surface area contributed by atoms with Crippen LogP contribution in [0.5, 0.6) is 0 Å². The summed E-state index contributed by atoms with van der Waals surface area (Å²) in [6.07, 6.45) is 4.65. The highest BCUT2D eigenvalue weighted by molar-refractivity contribution is 6.21. The molecule has 0 spiro atoms. The van der Waals surface area contributed by atoms with Crippen LogP contribution in [-0.4, -0.2) is 0 Å². The van der Waals surface area contributed by atoms with Crippen molar-refractivity contribution in [2.75, 3.05) is 0 Å². The predicted octanol–water partition coefficient (Wildman–Crippen LogP) is 16.8. The highest BCUT2D eigenvalue weighted by Gasteiger charge is 2.18. The van der Waals surface area contributed by atoms with Gasteiger partial charge in [-0.25, -0.2) is 0 Å². The highest BCUT2D eigenvalue weighted by Crippen LogP contribution is 2.45. The molecule has 0 atom stereocenters. The van der Waals surface area contributed by atoms with E-state index in [-0.39, 0.29) is 0 Å². The lowest BCUT2D eigenvalue weighted by molar-refractivity contribution is 1.57. The number of benzene rings is 11. The molecule has 0 aliphatic rings. The maximum Gasteiger partial charge on any atom is -0.00264 e. The maximum absolute atomic E-state index is 2.32. The van der Waals surface area contributed by atoms with E-state index >= 15 is 0 Å². The Morgan fingerprint density at radius 1 is 0.242 bits per heavy atom. The molecule has 0 heterocycles. The molecule has 0 saturated carbocycles.